The lowest BCUT2D eigenvalue weighted by Crippen LogP contribution is -2.37. The van der Waals surface area contributed by atoms with Crippen molar-refractivity contribution in [2.75, 3.05) is 13.7 Å². The number of carbonyl (C=O) groups excluding carboxylic acids is 1. The highest BCUT2D eigenvalue weighted by Crippen LogP contribution is 2.34. The average Bonchev–Trinajstić information content (AvgIpc) is 2.68. The number of hydrogen-bond donors (Lipinski definition) is 1. The smallest absolute Gasteiger partial charge is 0.256 e. The molecular formula is C22H21FN2O3. The van der Waals surface area contributed by atoms with E-state index in [0.717, 1.165) is 11.1 Å². The van der Waals surface area contributed by atoms with E-state index in [9.17, 15) is 14.0 Å². The molecule has 1 unspecified atom stereocenters. The first-order chi connectivity index (χ1) is 13.4. The van der Waals surface area contributed by atoms with Gasteiger partial charge in [-0.25, -0.2) is 4.39 Å². The van der Waals surface area contributed by atoms with E-state index in [0.29, 0.717) is 27.6 Å². The largest absolute Gasteiger partial charge is 0.373 e. The van der Waals surface area contributed by atoms with Gasteiger partial charge in [0.05, 0.1) is 19.3 Å². The lowest BCUT2D eigenvalue weighted by Gasteiger charge is -2.34. The lowest BCUT2D eigenvalue weighted by atomic mass is 9.94. The fourth-order valence-corrected chi connectivity index (χ4v) is 3.81. The fourth-order valence-electron chi connectivity index (χ4n) is 3.81. The van der Waals surface area contributed by atoms with Crippen LogP contribution >= 0.6 is 0 Å². The lowest BCUT2D eigenvalue weighted by molar-refractivity contribution is 0.0335. The van der Waals surface area contributed by atoms with E-state index in [4.69, 9.17) is 4.74 Å². The van der Waals surface area contributed by atoms with Crippen molar-refractivity contribution in [3.05, 3.63) is 80.5 Å². The van der Waals surface area contributed by atoms with Crippen LogP contribution < -0.4 is 5.56 Å². The van der Waals surface area contributed by atoms with Gasteiger partial charge in [-0.05, 0) is 49.1 Å². The summed E-state index contributed by atoms with van der Waals surface area (Å²) in [6.45, 7) is 4.05. The molecule has 4 rings (SSSR count). The number of amides is 1. The van der Waals surface area contributed by atoms with E-state index in [1.807, 2.05) is 25.1 Å². The van der Waals surface area contributed by atoms with Gasteiger partial charge in [0.15, 0.2) is 0 Å². The molecule has 0 spiro atoms. The number of fused-ring (bicyclic) bond motifs is 3. The zero-order chi connectivity index (χ0) is 20.0. The number of rotatable bonds is 2. The summed E-state index contributed by atoms with van der Waals surface area (Å²) in [5, 5.41) is 0.944. The molecule has 0 bridgehead atoms. The van der Waals surface area contributed by atoms with Crippen molar-refractivity contribution in [3.63, 3.8) is 0 Å². The number of nitrogens with one attached hydrogen (secondary N) is 1. The van der Waals surface area contributed by atoms with Crippen LogP contribution in [-0.2, 0) is 11.3 Å². The third-order valence-electron chi connectivity index (χ3n) is 5.33. The minimum Gasteiger partial charge on any atom is -0.373 e. The van der Waals surface area contributed by atoms with Crippen LogP contribution in [0.15, 0.2) is 41.2 Å². The minimum atomic E-state index is -0.432. The summed E-state index contributed by atoms with van der Waals surface area (Å²) >= 11 is 0. The number of H-pyrrole nitrogens is 1. The maximum Gasteiger partial charge on any atom is 0.256 e. The van der Waals surface area contributed by atoms with Gasteiger partial charge in [0, 0.05) is 29.3 Å². The molecule has 1 aliphatic heterocycles. The molecule has 0 saturated heterocycles. The zero-order valence-electron chi connectivity index (χ0n) is 16.0. The summed E-state index contributed by atoms with van der Waals surface area (Å²) < 4.78 is 20.0. The van der Waals surface area contributed by atoms with E-state index < -0.39 is 6.04 Å². The van der Waals surface area contributed by atoms with Crippen molar-refractivity contribution in [2.45, 2.75) is 26.5 Å². The van der Waals surface area contributed by atoms with Crippen molar-refractivity contribution in [1.29, 1.82) is 0 Å². The van der Waals surface area contributed by atoms with Gasteiger partial charge in [-0.1, -0.05) is 17.7 Å². The monoisotopic (exact) mass is 380 g/mol. The third kappa shape index (κ3) is 2.99. The number of aryl methyl sites for hydroxylation is 2. The molecule has 2 aromatic carbocycles. The molecule has 2 heterocycles. The Balaban J connectivity index is 1.86. The number of pyridine rings is 1. The molecule has 3 aromatic rings. The maximum absolute atomic E-state index is 14.3. The Morgan fingerprint density at radius 1 is 1.21 bits per heavy atom. The second kappa shape index (κ2) is 6.87. The molecular weight excluding hydrogens is 359 g/mol. The Morgan fingerprint density at radius 3 is 2.75 bits per heavy atom. The van der Waals surface area contributed by atoms with Gasteiger partial charge in [-0.2, -0.15) is 0 Å². The highest BCUT2D eigenvalue weighted by Gasteiger charge is 2.31. The van der Waals surface area contributed by atoms with Gasteiger partial charge in [0.25, 0.3) is 11.5 Å². The number of benzene rings is 2. The van der Waals surface area contributed by atoms with Crippen LogP contribution in [0.1, 0.15) is 38.8 Å². The summed E-state index contributed by atoms with van der Waals surface area (Å²) in [6, 6.07) is 9.88. The Bertz CT molecular complexity index is 1150. The number of ether oxygens (including phenoxy) is 1. The normalized spacial score (nSPS) is 16.1. The first-order valence-electron chi connectivity index (χ1n) is 9.13. The van der Waals surface area contributed by atoms with E-state index in [-0.39, 0.29) is 30.5 Å². The van der Waals surface area contributed by atoms with Crippen LogP contribution in [0.3, 0.4) is 0 Å². The molecule has 144 valence electrons. The van der Waals surface area contributed by atoms with E-state index in [1.165, 1.54) is 6.07 Å². The highest BCUT2D eigenvalue weighted by atomic mass is 19.1. The molecule has 5 nitrogen and oxygen atoms in total. The first-order valence-corrected chi connectivity index (χ1v) is 9.13. The van der Waals surface area contributed by atoms with E-state index in [2.05, 4.69) is 4.98 Å². The Hall–Kier alpha value is -2.99. The molecule has 1 aromatic heterocycles. The van der Waals surface area contributed by atoms with Crippen molar-refractivity contribution in [3.8, 4) is 0 Å². The number of carbonyl (C=O) groups is 1. The van der Waals surface area contributed by atoms with Crippen LogP contribution in [0.2, 0.25) is 0 Å². The number of nitrogens with zero attached hydrogens (tertiary/aromatic N) is 1. The van der Waals surface area contributed by atoms with Gasteiger partial charge in [-0.15, -0.1) is 0 Å². The molecule has 1 atom stereocenters. The van der Waals surface area contributed by atoms with Crippen LogP contribution in [0.25, 0.3) is 10.8 Å². The van der Waals surface area contributed by atoms with Crippen molar-refractivity contribution >= 4 is 16.7 Å². The second-order valence-electron chi connectivity index (χ2n) is 7.31. The standard InChI is InChI=1S/C22H21FN2O3/c1-12-5-4-6-14(7-12)22(27)25(3)19-11-28-10-18-20(19)15-9-17(23)13(2)8-16(15)21(26)24-18/h4-9,19H,10-11H2,1-3H3,(H,24,26). The predicted molar refractivity (Wildman–Crippen MR) is 105 cm³/mol. The number of aromatic amines is 1. The summed E-state index contributed by atoms with van der Waals surface area (Å²) in [6.07, 6.45) is 0. The Kier molecular flexibility index (Phi) is 4.51. The summed E-state index contributed by atoms with van der Waals surface area (Å²) in [5.74, 6) is -0.532. The molecule has 1 aliphatic rings. The molecule has 1 amide bonds. The van der Waals surface area contributed by atoms with Gasteiger partial charge in [0.1, 0.15) is 5.82 Å². The van der Waals surface area contributed by atoms with Crippen molar-refractivity contribution in [1.82, 2.24) is 9.88 Å². The Morgan fingerprint density at radius 2 is 2.00 bits per heavy atom. The number of hydrogen-bond acceptors (Lipinski definition) is 3. The van der Waals surface area contributed by atoms with E-state index in [1.54, 1.807) is 31.0 Å². The van der Waals surface area contributed by atoms with E-state index >= 15 is 0 Å². The molecule has 0 radical (unpaired) electrons. The number of aromatic nitrogens is 1. The fraction of sp³-hybridized carbons (Fsp3) is 0.273. The third-order valence-corrected chi connectivity index (χ3v) is 5.33. The van der Waals surface area contributed by atoms with Crippen LogP contribution in [0.5, 0.6) is 0 Å². The predicted octanol–water partition coefficient (Wildman–Crippen LogP) is 3.63. The van der Waals surface area contributed by atoms with Gasteiger partial charge in [-0.3, -0.25) is 9.59 Å². The number of halogens is 1. The molecule has 1 N–H and O–H groups in total. The first kappa shape index (κ1) is 18.4. The summed E-state index contributed by atoms with van der Waals surface area (Å²) in [7, 11) is 1.70. The Labute approximate surface area is 161 Å². The zero-order valence-corrected chi connectivity index (χ0v) is 16.0. The SMILES string of the molecule is Cc1cccc(C(=O)N(C)C2COCc3[nH]c(=O)c4cc(C)c(F)cc4c32)c1. The van der Waals surface area contributed by atoms with Crippen LogP contribution in [-0.4, -0.2) is 29.4 Å². The summed E-state index contributed by atoms with van der Waals surface area (Å²) in [5.41, 5.74) is 3.01. The molecule has 28 heavy (non-hydrogen) atoms. The molecule has 0 fully saturated rings. The molecule has 0 saturated carbocycles. The molecule has 0 aliphatic carbocycles. The average molecular weight is 380 g/mol. The van der Waals surface area contributed by atoms with Crippen molar-refractivity contribution in [2.24, 2.45) is 0 Å². The molecule has 6 heteroatoms. The van der Waals surface area contributed by atoms with Gasteiger partial charge in [0.2, 0.25) is 0 Å². The minimum absolute atomic E-state index is 0.155. The number of likely N-dealkylation sites (N-methyl/N-ethyl adjacent to an activating group) is 1. The van der Waals surface area contributed by atoms with Crippen molar-refractivity contribution < 1.29 is 13.9 Å². The van der Waals surface area contributed by atoms with Crippen LogP contribution in [0.4, 0.5) is 4.39 Å². The van der Waals surface area contributed by atoms with Gasteiger partial charge >= 0.3 is 0 Å². The van der Waals surface area contributed by atoms with Gasteiger partial charge < -0.3 is 14.6 Å². The maximum atomic E-state index is 14.3. The second-order valence-corrected chi connectivity index (χ2v) is 7.31. The topological polar surface area (TPSA) is 62.4 Å². The van der Waals surface area contributed by atoms with Crippen LogP contribution in [0, 0.1) is 19.7 Å². The quantitative estimate of drug-likeness (QED) is 0.739. The summed E-state index contributed by atoms with van der Waals surface area (Å²) in [4.78, 5) is 30.0. The highest BCUT2D eigenvalue weighted by molar-refractivity contribution is 5.95.